The molecule has 1 aliphatic heterocycles. The molecule has 18 heavy (non-hydrogen) atoms. The van der Waals surface area contributed by atoms with Crippen LogP contribution in [0.5, 0.6) is 0 Å². The van der Waals surface area contributed by atoms with Gasteiger partial charge in [0.2, 0.25) is 5.91 Å². The zero-order chi connectivity index (χ0) is 13.0. The lowest BCUT2D eigenvalue weighted by Gasteiger charge is -2.21. The molecule has 0 spiro atoms. The number of hydrogen-bond acceptors (Lipinski definition) is 5. The largest absolute Gasteiger partial charge is 0.395 e. The minimum Gasteiger partial charge on any atom is -0.395 e. The lowest BCUT2D eigenvalue weighted by molar-refractivity contribution is -0.116. The van der Waals surface area contributed by atoms with Crippen molar-refractivity contribution in [1.82, 2.24) is 10.1 Å². The third-order valence-corrected chi connectivity index (χ3v) is 3.23. The molecule has 1 aliphatic rings. The van der Waals surface area contributed by atoms with Gasteiger partial charge in [-0.2, -0.15) is 0 Å². The van der Waals surface area contributed by atoms with Crippen molar-refractivity contribution in [2.24, 2.45) is 0 Å². The fourth-order valence-corrected chi connectivity index (χ4v) is 2.27. The van der Waals surface area contributed by atoms with Gasteiger partial charge in [0.25, 0.3) is 0 Å². The Morgan fingerprint density at radius 3 is 3.22 bits per heavy atom. The van der Waals surface area contributed by atoms with Crippen LogP contribution in [0, 0.1) is 6.92 Å². The molecule has 1 amide bonds. The molecule has 2 heterocycles. The van der Waals surface area contributed by atoms with Gasteiger partial charge < -0.3 is 14.9 Å². The van der Waals surface area contributed by atoms with Crippen molar-refractivity contribution in [2.45, 2.75) is 32.2 Å². The molecule has 6 nitrogen and oxygen atoms in total. The summed E-state index contributed by atoms with van der Waals surface area (Å²) in [6, 6.07) is 1.90. The molecule has 1 aromatic rings. The Bertz CT molecular complexity index is 405. The van der Waals surface area contributed by atoms with Crippen LogP contribution in [0.3, 0.4) is 0 Å². The Labute approximate surface area is 106 Å². The second-order valence-electron chi connectivity index (χ2n) is 4.64. The van der Waals surface area contributed by atoms with Gasteiger partial charge in [-0.15, -0.1) is 0 Å². The summed E-state index contributed by atoms with van der Waals surface area (Å²) in [6.45, 7) is 3.58. The van der Waals surface area contributed by atoms with Crippen LogP contribution >= 0.6 is 0 Å². The Morgan fingerprint density at radius 1 is 1.72 bits per heavy atom. The number of nitrogens with zero attached hydrogens (tertiary/aromatic N) is 2. The Kier molecular flexibility index (Phi) is 4.33. The average Bonchev–Trinajstić information content (AvgIpc) is 2.95. The van der Waals surface area contributed by atoms with Crippen molar-refractivity contribution in [3.63, 3.8) is 0 Å². The van der Waals surface area contributed by atoms with Gasteiger partial charge in [-0.3, -0.25) is 9.69 Å². The van der Waals surface area contributed by atoms with Crippen LogP contribution in [-0.4, -0.2) is 46.8 Å². The van der Waals surface area contributed by atoms with E-state index in [2.05, 4.69) is 15.4 Å². The predicted molar refractivity (Wildman–Crippen MR) is 66.2 cm³/mol. The number of aromatic nitrogens is 1. The summed E-state index contributed by atoms with van der Waals surface area (Å²) >= 11 is 0. The van der Waals surface area contributed by atoms with E-state index in [9.17, 15) is 9.90 Å². The van der Waals surface area contributed by atoms with Gasteiger partial charge >= 0.3 is 0 Å². The van der Waals surface area contributed by atoms with Gasteiger partial charge in [0.1, 0.15) is 5.76 Å². The summed E-state index contributed by atoms with van der Waals surface area (Å²) in [6.07, 6.45) is 2.51. The second kappa shape index (κ2) is 5.97. The van der Waals surface area contributed by atoms with Gasteiger partial charge in [-0.05, 0) is 26.3 Å². The van der Waals surface area contributed by atoms with E-state index in [1.165, 1.54) is 0 Å². The molecule has 6 heteroatoms. The number of carbonyl (C=O) groups excluding carboxylic acids is 1. The zero-order valence-electron chi connectivity index (χ0n) is 10.6. The minimum absolute atomic E-state index is 0.0770. The molecular weight excluding hydrogens is 234 g/mol. The highest BCUT2D eigenvalue weighted by atomic mass is 16.5. The standard InChI is InChI=1S/C12H19N3O3/c1-9-7-11(14-18-9)13-12(17)4-6-15-5-2-3-10(15)8-16/h7,10,16H,2-6,8H2,1H3,(H,13,14,17)/t10-/m0/s1. The number of hydrogen-bond donors (Lipinski definition) is 2. The molecule has 1 saturated heterocycles. The first kappa shape index (κ1) is 13.0. The van der Waals surface area contributed by atoms with Crippen LogP contribution < -0.4 is 5.32 Å². The lowest BCUT2D eigenvalue weighted by atomic mass is 10.2. The van der Waals surface area contributed by atoms with Crippen molar-refractivity contribution < 1.29 is 14.4 Å². The SMILES string of the molecule is Cc1cc(NC(=O)CCN2CCC[C@H]2CO)no1. The molecule has 1 aromatic heterocycles. The van der Waals surface area contributed by atoms with E-state index in [1.807, 2.05) is 0 Å². The van der Waals surface area contributed by atoms with Crippen molar-refractivity contribution in [3.8, 4) is 0 Å². The summed E-state index contributed by atoms with van der Waals surface area (Å²) in [7, 11) is 0. The summed E-state index contributed by atoms with van der Waals surface area (Å²) < 4.78 is 4.87. The molecule has 0 radical (unpaired) electrons. The topological polar surface area (TPSA) is 78.6 Å². The van der Waals surface area contributed by atoms with Crippen molar-refractivity contribution in [2.75, 3.05) is 25.0 Å². The summed E-state index contributed by atoms with van der Waals surface area (Å²) in [5.41, 5.74) is 0. The fourth-order valence-electron chi connectivity index (χ4n) is 2.27. The number of rotatable bonds is 5. The van der Waals surface area contributed by atoms with Gasteiger partial charge in [-0.1, -0.05) is 5.16 Å². The van der Waals surface area contributed by atoms with Crippen LogP contribution in [0.1, 0.15) is 25.0 Å². The highest BCUT2D eigenvalue weighted by Gasteiger charge is 2.23. The first-order chi connectivity index (χ1) is 8.69. The number of aliphatic hydroxyl groups excluding tert-OH is 1. The first-order valence-corrected chi connectivity index (χ1v) is 6.27. The van der Waals surface area contributed by atoms with E-state index in [1.54, 1.807) is 13.0 Å². The van der Waals surface area contributed by atoms with Crippen LogP contribution in [0.4, 0.5) is 5.82 Å². The lowest BCUT2D eigenvalue weighted by Crippen LogP contribution is -2.34. The van der Waals surface area contributed by atoms with E-state index in [-0.39, 0.29) is 18.6 Å². The van der Waals surface area contributed by atoms with E-state index in [4.69, 9.17) is 4.52 Å². The molecule has 0 saturated carbocycles. The molecule has 2 rings (SSSR count). The average molecular weight is 253 g/mol. The maximum atomic E-state index is 11.7. The number of carbonyl (C=O) groups is 1. The molecule has 1 fully saturated rings. The third kappa shape index (κ3) is 3.30. The van der Waals surface area contributed by atoms with Gasteiger partial charge in [0.15, 0.2) is 5.82 Å². The Morgan fingerprint density at radius 2 is 2.56 bits per heavy atom. The maximum Gasteiger partial charge on any atom is 0.226 e. The number of aryl methyl sites for hydroxylation is 1. The van der Waals surface area contributed by atoms with Crippen molar-refractivity contribution in [3.05, 3.63) is 11.8 Å². The smallest absolute Gasteiger partial charge is 0.226 e. The van der Waals surface area contributed by atoms with E-state index >= 15 is 0 Å². The third-order valence-electron chi connectivity index (χ3n) is 3.23. The quantitative estimate of drug-likeness (QED) is 0.810. The molecule has 1 atom stereocenters. The highest BCUT2D eigenvalue weighted by molar-refractivity contribution is 5.89. The Balaban J connectivity index is 1.74. The predicted octanol–water partition coefficient (Wildman–Crippen LogP) is 0.768. The molecule has 0 unspecified atom stereocenters. The Hall–Kier alpha value is -1.40. The van der Waals surface area contributed by atoms with Crippen molar-refractivity contribution in [1.29, 1.82) is 0 Å². The number of likely N-dealkylation sites (tertiary alicyclic amines) is 1. The van der Waals surface area contributed by atoms with Gasteiger partial charge in [-0.25, -0.2) is 0 Å². The monoisotopic (exact) mass is 253 g/mol. The van der Waals surface area contributed by atoms with Gasteiger partial charge in [0, 0.05) is 25.1 Å². The molecule has 0 aliphatic carbocycles. The summed E-state index contributed by atoms with van der Waals surface area (Å²) in [5, 5.41) is 15.6. The zero-order valence-corrected chi connectivity index (χ0v) is 10.6. The molecule has 2 N–H and O–H groups in total. The summed E-state index contributed by atoms with van der Waals surface area (Å²) in [4.78, 5) is 13.9. The minimum atomic E-state index is -0.0770. The van der Waals surface area contributed by atoms with E-state index in [0.29, 0.717) is 24.5 Å². The van der Waals surface area contributed by atoms with Crippen LogP contribution in [-0.2, 0) is 4.79 Å². The number of aliphatic hydroxyl groups is 1. The molecule has 0 aromatic carbocycles. The first-order valence-electron chi connectivity index (χ1n) is 6.27. The normalized spacial score (nSPS) is 20.2. The van der Waals surface area contributed by atoms with Crippen LogP contribution in [0.2, 0.25) is 0 Å². The number of anilines is 1. The molecular formula is C12H19N3O3. The van der Waals surface area contributed by atoms with Gasteiger partial charge in [0.05, 0.1) is 6.61 Å². The molecule has 100 valence electrons. The van der Waals surface area contributed by atoms with E-state index in [0.717, 1.165) is 19.4 Å². The van der Waals surface area contributed by atoms with Crippen molar-refractivity contribution >= 4 is 11.7 Å². The molecule has 0 bridgehead atoms. The second-order valence-corrected chi connectivity index (χ2v) is 4.64. The van der Waals surface area contributed by atoms with Crippen LogP contribution in [0.15, 0.2) is 10.6 Å². The maximum absolute atomic E-state index is 11.7. The number of amides is 1. The summed E-state index contributed by atoms with van der Waals surface area (Å²) in [5.74, 6) is 1.05. The number of nitrogens with one attached hydrogen (secondary N) is 1. The fraction of sp³-hybridized carbons (Fsp3) is 0.667. The highest BCUT2D eigenvalue weighted by Crippen LogP contribution is 2.16. The van der Waals surface area contributed by atoms with E-state index < -0.39 is 0 Å². The van der Waals surface area contributed by atoms with Crippen LogP contribution in [0.25, 0.3) is 0 Å².